The summed E-state index contributed by atoms with van der Waals surface area (Å²) in [5.74, 6) is 0. The minimum absolute atomic E-state index is 0. The third-order valence-electron chi connectivity index (χ3n) is 9.03. The molecule has 0 aliphatic rings. The number of aromatic nitrogens is 12. The first-order valence-electron chi connectivity index (χ1n) is 19.9. The smallest absolute Gasteiger partial charge is 0.255 e. The largest absolute Gasteiger partial charge is 3.00 e. The molecule has 0 amide bonds. The zero-order chi connectivity index (χ0) is 43.5. The molecule has 0 fully saturated rings. The minimum atomic E-state index is 0. The number of aryl methyl sites for hydroxylation is 3. The van der Waals surface area contributed by atoms with Crippen LogP contribution in [0.3, 0.4) is 0 Å². The van der Waals surface area contributed by atoms with Crippen LogP contribution in [0.25, 0.3) is 70.6 Å². The van der Waals surface area contributed by atoms with Crippen LogP contribution in [0.15, 0.2) is 166 Å². The Hall–Kier alpha value is -8.12. The summed E-state index contributed by atoms with van der Waals surface area (Å²) in [7, 11) is 0. The van der Waals surface area contributed by atoms with Crippen LogP contribution in [-0.2, 0) is 17.1 Å². The average molecular weight is 879 g/mol. The normalized spacial score (nSPS) is 10.7. The van der Waals surface area contributed by atoms with Crippen molar-refractivity contribution in [3.05, 3.63) is 216 Å². The number of hydrogen-bond acceptors (Lipinski definition) is 12. The molecule has 0 saturated heterocycles. The predicted molar refractivity (Wildman–Crippen MR) is 249 cm³/mol. The fraction of sp³-hybridized carbons (Fsp3) is 0.0588. The molecule has 13 heteroatoms. The third kappa shape index (κ3) is 14.2. The van der Waals surface area contributed by atoms with Crippen molar-refractivity contribution in [1.82, 2.24) is 59.8 Å². The van der Waals surface area contributed by atoms with Crippen molar-refractivity contribution in [3.63, 3.8) is 0 Å². The van der Waals surface area contributed by atoms with Crippen molar-refractivity contribution < 1.29 is 17.1 Å². The Balaban J connectivity index is 0.000000158. The molecule has 311 valence electrons. The van der Waals surface area contributed by atoms with E-state index in [1.807, 2.05) is 130 Å². The van der Waals surface area contributed by atoms with E-state index in [9.17, 15) is 0 Å². The molecule has 0 atom stereocenters. The van der Waals surface area contributed by atoms with Gasteiger partial charge >= 0.3 is 17.1 Å². The molecule has 9 rings (SSSR count). The molecule has 9 aromatic rings. The zero-order valence-corrected chi connectivity index (χ0v) is 36.4. The monoisotopic (exact) mass is 878 g/mol. The number of nitrogens with zero attached hydrogens (tertiary/aromatic N) is 12. The Kier molecular flexibility index (Phi) is 16.9. The molecule has 0 aliphatic carbocycles. The summed E-state index contributed by atoms with van der Waals surface area (Å²) < 4.78 is 0. The second-order valence-electron chi connectivity index (χ2n) is 14.1. The van der Waals surface area contributed by atoms with Gasteiger partial charge in [-0.25, -0.2) is 29.9 Å². The maximum absolute atomic E-state index is 4.38. The van der Waals surface area contributed by atoms with E-state index in [0.717, 1.165) is 67.5 Å². The molecule has 64 heavy (non-hydrogen) atoms. The molecule has 0 aliphatic heterocycles. The topological polar surface area (TPSA) is 155 Å². The Morgan fingerprint density at radius 3 is 0.750 bits per heavy atom. The first-order chi connectivity index (χ1) is 30.9. The van der Waals surface area contributed by atoms with Crippen LogP contribution < -0.4 is 0 Å². The van der Waals surface area contributed by atoms with Gasteiger partial charge in [-0.3, -0.25) is 29.9 Å². The van der Waals surface area contributed by atoms with Gasteiger partial charge in [-0.2, -0.15) is 0 Å². The van der Waals surface area contributed by atoms with Crippen LogP contribution in [0.1, 0.15) is 50.1 Å². The zero-order valence-electron chi connectivity index (χ0n) is 35.3. The average Bonchev–Trinajstić information content (AvgIpc) is 3.34. The van der Waals surface area contributed by atoms with Crippen LogP contribution in [0.4, 0.5) is 0 Å². The molecule has 0 saturated carbocycles. The van der Waals surface area contributed by atoms with E-state index in [0.29, 0.717) is 0 Å². The van der Waals surface area contributed by atoms with Gasteiger partial charge in [0, 0.05) is 91.1 Å². The molecule has 0 bridgehead atoms. The molecule has 1 radical (unpaired) electrons. The molecule has 9 heterocycles. The maximum Gasteiger partial charge on any atom is 3.00 e. The minimum Gasteiger partial charge on any atom is -0.255 e. The summed E-state index contributed by atoms with van der Waals surface area (Å²) in [5.41, 5.74) is 14.8. The predicted octanol–water partition coefficient (Wildman–Crippen LogP) is 10.2. The van der Waals surface area contributed by atoms with E-state index >= 15 is 0 Å². The van der Waals surface area contributed by atoms with Crippen LogP contribution in [0.2, 0.25) is 0 Å². The van der Waals surface area contributed by atoms with Crippen LogP contribution in [0, 0.1) is 20.8 Å². The van der Waals surface area contributed by atoms with E-state index in [1.165, 1.54) is 35.7 Å². The first-order valence-corrected chi connectivity index (χ1v) is 19.9. The second kappa shape index (κ2) is 23.8. The fourth-order valence-corrected chi connectivity index (χ4v) is 5.87. The number of hydrogen-bond donors (Lipinski definition) is 0. The quantitative estimate of drug-likeness (QED) is 0.127. The first kappa shape index (κ1) is 45.4. The summed E-state index contributed by atoms with van der Waals surface area (Å²) in [5, 5.41) is 0. The van der Waals surface area contributed by atoms with Gasteiger partial charge in [0.1, 0.15) is 19.0 Å². The van der Waals surface area contributed by atoms with E-state index in [-0.39, 0.29) is 17.1 Å². The number of rotatable bonds is 9. The van der Waals surface area contributed by atoms with Crippen molar-refractivity contribution in [2.24, 2.45) is 0 Å². The van der Waals surface area contributed by atoms with Gasteiger partial charge in [0.2, 0.25) is 0 Å². The van der Waals surface area contributed by atoms with E-state index in [1.54, 1.807) is 74.4 Å². The van der Waals surface area contributed by atoms with Crippen molar-refractivity contribution >= 4 is 36.5 Å². The Labute approximate surface area is 382 Å². The van der Waals surface area contributed by atoms with E-state index in [2.05, 4.69) is 59.8 Å². The summed E-state index contributed by atoms with van der Waals surface area (Å²) in [6.07, 6.45) is 37.9. The molecule has 9 aromatic heterocycles. The van der Waals surface area contributed by atoms with Gasteiger partial charge in [0.25, 0.3) is 0 Å². The van der Waals surface area contributed by atoms with Gasteiger partial charge in [0.15, 0.2) is 0 Å². The maximum atomic E-state index is 4.38. The molecule has 0 aromatic carbocycles. The molecule has 12 nitrogen and oxygen atoms in total. The summed E-state index contributed by atoms with van der Waals surface area (Å²) in [6, 6.07) is 23.9. The summed E-state index contributed by atoms with van der Waals surface area (Å²) in [6.45, 7) is 6.14. The third-order valence-corrected chi connectivity index (χ3v) is 9.03. The van der Waals surface area contributed by atoms with Crippen molar-refractivity contribution in [3.8, 4) is 34.2 Å². The van der Waals surface area contributed by atoms with Gasteiger partial charge in [-0.15, -0.1) is 0 Å². The van der Waals surface area contributed by atoms with E-state index < -0.39 is 0 Å². The molecular formula is C51H42FeN12+3. The Morgan fingerprint density at radius 1 is 0.281 bits per heavy atom. The fourth-order valence-electron chi connectivity index (χ4n) is 5.87. The van der Waals surface area contributed by atoms with E-state index in [4.69, 9.17) is 0 Å². The second-order valence-corrected chi connectivity index (χ2v) is 14.1. The van der Waals surface area contributed by atoms with Gasteiger partial charge in [0.05, 0.1) is 34.2 Å². The summed E-state index contributed by atoms with van der Waals surface area (Å²) in [4.78, 5) is 50.2. The van der Waals surface area contributed by atoms with Crippen LogP contribution in [-0.4, -0.2) is 59.8 Å². The molecule has 0 spiro atoms. The van der Waals surface area contributed by atoms with Crippen molar-refractivity contribution in [1.29, 1.82) is 0 Å². The standard InChI is InChI=1S/3C17H14N4.Fe/c3*1-13-4-6-20-16(8-13)17-9-14(5-7-21-17)2-3-15-10-18-12-19-11-15;/h3*2-12H,1H3;/q;;;+3. The molecule has 0 N–H and O–H groups in total. The summed E-state index contributed by atoms with van der Waals surface area (Å²) >= 11 is 0. The van der Waals surface area contributed by atoms with Gasteiger partial charge in [-0.1, -0.05) is 36.5 Å². The Bertz CT molecular complexity index is 2630. The van der Waals surface area contributed by atoms with Crippen LogP contribution in [0.5, 0.6) is 0 Å². The van der Waals surface area contributed by atoms with Gasteiger partial charge < -0.3 is 0 Å². The SMILES string of the molecule is Cc1ccnc(-c2cc(C=Cc3cncnc3)ccn2)c1.Cc1ccnc(-c2cc(C=Cc3cncnc3)ccn2)c1.Cc1ccnc(-c2cc(C=Cc3cncnc3)ccn2)c1.[Fe+3]. The van der Waals surface area contributed by atoms with Crippen molar-refractivity contribution in [2.45, 2.75) is 20.8 Å². The van der Waals surface area contributed by atoms with Crippen LogP contribution >= 0.6 is 0 Å². The van der Waals surface area contributed by atoms with Crippen molar-refractivity contribution in [2.75, 3.05) is 0 Å². The molecule has 0 unspecified atom stereocenters. The molecular weight excluding hydrogens is 836 g/mol. The Morgan fingerprint density at radius 2 is 0.500 bits per heavy atom. The van der Waals surface area contributed by atoms with Gasteiger partial charge in [-0.05, 0) is 127 Å². The number of pyridine rings is 6.